The van der Waals surface area contributed by atoms with Crippen LogP contribution in [-0.4, -0.2) is 69.5 Å². The number of rotatable bonds is 34. The second-order valence-electron chi connectivity index (χ2n) is 16.1. The minimum atomic E-state index is -2.33. The van der Waals surface area contributed by atoms with Crippen LogP contribution in [0.25, 0.3) is 0 Å². The molecule has 0 N–H and O–H groups in total. The van der Waals surface area contributed by atoms with Gasteiger partial charge in [-0.1, -0.05) is 181 Å². The van der Waals surface area contributed by atoms with Gasteiger partial charge in [0, 0.05) is 0 Å². The Balaban J connectivity index is -0.000000758. The van der Waals surface area contributed by atoms with Crippen molar-refractivity contribution < 1.29 is 24.0 Å². The number of hydrogen-bond acceptors (Lipinski definition) is 3. The zero-order valence-corrected chi connectivity index (χ0v) is 34.7. The molecule has 0 rings (SSSR count). The summed E-state index contributed by atoms with van der Waals surface area (Å²) in [5, 5.41) is 16.7. The summed E-state index contributed by atoms with van der Waals surface area (Å²) in [7, 11) is 9.40. The molecule has 48 heavy (non-hydrogen) atoms. The molecule has 0 radical (unpaired) electrons. The van der Waals surface area contributed by atoms with Gasteiger partial charge in [-0.3, -0.25) is 0 Å². The van der Waals surface area contributed by atoms with Gasteiger partial charge in [-0.25, -0.2) is 0 Å². The van der Waals surface area contributed by atoms with Crippen LogP contribution in [-0.2, 0) is 0 Å². The largest absolute Gasteiger partial charge is 0.652 e. The average molecular weight is 685 g/mol. The molecule has 0 atom stereocenters. The van der Waals surface area contributed by atoms with Crippen LogP contribution < -0.4 is 10.2 Å². The molecule has 0 aliphatic carbocycles. The van der Waals surface area contributed by atoms with E-state index in [2.05, 4.69) is 55.9 Å². The van der Waals surface area contributed by atoms with Crippen molar-refractivity contribution in [3.8, 4) is 0 Å². The molecule has 0 amide bonds. The van der Waals surface area contributed by atoms with Crippen molar-refractivity contribution in [3.05, 3.63) is 0 Å². The molecule has 0 aromatic heterocycles. The summed E-state index contributed by atoms with van der Waals surface area (Å²) in [6, 6.07) is 0. The highest BCUT2D eigenvalue weighted by Crippen LogP contribution is 2.15. The second kappa shape index (κ2) is 40.6. The zero-order chi connectivity index (χ0) is 36.6. The third-order valence-corrected chi connectivity index (χ3v) is 10.4. The lowest BCUT2D eigenvalue weighted by molar-refractivity contribution is -0.888. The van der Waals surface area contributed by atoms with Gasteiger partial charge in [-0.05, 0) is 45.7 Å². The smallest absolute Gasteiger partial charge is 0.0782 e. The van der Waals surface area contributed by atoms with Gasteiger partial charge in [-0.15, -0.1) is 0 Å². The Bertz CT molecular complexity index is 559. The van der Waals surface area contributed by atoms with Gasteiger partial charge in [-0.2, -0.15) is 0 Å². The quantitative estimate of drug-likeness (QED) is 0.0500. The van der Waals surface area contributed by atoms with E-state index in [0.29, 0.717) is 0 Å². The lowest BCUT2D eigenvalue weighted by Crippen LogP contribution is -2.39. The van der Waals surface area contributed by atoms with E-state index in [1.165, 1.54) is 228 Å². The molecule has 0 aliphatic heterocycles. The minimum Gasteiger partial charge on any atom is -0.652 e. The molecule has 0 aromatic carbocycles. The molecule has 0 heterocycles. The number of hydrogen-bond donors (Lipinski definition) is 0. The fraction of sp³-hybridized carbons (Fsp3) is 0.977. The summed E-state index contributed by atoms with van der Waals surface area (Å²) in [5.74, 6) is 0. The van der Waals surface area contributed by atoms with Crippen LogP contribution in [0.2, 0.25) is 0 Å². The molecule has 292 valence electrons. The Morgan fingerprint density at radius 3 is 0.625 bits per heavy atom. The molecule has 0 aliphatic rings. The third kappa shape index (κ3) is 52.0. The van der Waals surface area contributed by atoms with Gasteiger partial charge in [0.1, 0.15) is 0 Å². The highest BCUT2D eigenvalue weighted by Gasteiger charge is 2.10. The second-order valence-corrected chi connectivity index (χ2v) is 16.1. The van der Waals surface area contributed by atoms with Gasteiger partial charge in [0.2, 0.25) is 0 Å². The summed E-state index contributed by atoms with van der Waals surface area (Å²) >= 11 is 0. The molecule has 0 saturated heterocycles. The van der Waals surface area contributed by atoms with Crippen LogP contribution in [0.15, 0.2) is 0 Å². The van der Waals surface area contributed by atoms with E-state index in [9.17, 15) is 0 Å². The first-order valence-electron chi connectivity index (χ1n) is 21.5. The fourth-order valence-corrected chi connectivity index (χ4v) is 6.14. The van der Waals surface area contributed by atoms with Crippen LogP contribution in [0.4, 0.5) is 4.79 Å². The number of carbonyl (C=O) groups excluding carboxylic acids is 1. The van der Waals surface area contributed by atoms with E-state index in [0.717, 1.165) is 0 Å². The Morgan fingerprint density at radius 2 is 0.479 bits per heavy atom. The van der Waals surface area contributed by atoms with E-state index in [1.807, 2.05) is 0 Å². The molecular formula is C43H92N2O3. The number of carbonyl (C=O) groups is 1. The molecular weight excluding hydrogens is 592 g/mol. The Morgan fingerprint density at radius 1 is 0.333 bits per heavy atom. The van der Waals surface area contributed by atoms with Crippen molar-refractivity contribution >= 4 is 6.16 Å². The molecule has 0 spiro atoms. The van der Waals surface area contributed by atoms with Crippen LogP contribution in [0.1, 0.15) is 220 Å². The standard InChI is InChI=1S/2C21H46N.CH2O3/c2*1-5-7-8-9-10-11-12-13-14-15-16-17-18-19-20-21-22(3,4)6-2;2-1(3)4/h2*5-21H2,1-4H3;(H2,2,3,4)/q2*+1;/p-2. The first kappa shape index (κ1) is 51.6. The van der Waals surface area contributed by atoms with Crippen molar-refractivity contribution in [1.29, 1.82) is 0 Å². The summed E-state index contributed by atoms with van der Waals surface area (Å²) in [4.78, 5) is 8.33. The van der Waals surface area contributed by atoms with E-state index >= 15 is 0 Å². The normalized spacial score (nSPS) is 11.5. The highest BCUT2D eigenvalue weighted by molar-refractivity contribution is 5.47. The SMILES string of the molecule is CCCCCCCCCCCCCCCCC[N+](C)(C)CC.CCCCCCCCCCCCCCCCC[N+](C)(C)CC.O=C([O-])[O-]. The predicted molar refractivity (Wildman–Crippen MR) is 210 cm³/mol. The molecule has 0 unspecified atom stereocenters. The molecule has 0 fully saturated rings. The summed E-state index contributed by atoms with van der Waals surface area (Å²) in [5.41, 5.74) is 0. The summed E-state index contributed by atoms with van der Waals surface area (Å²) in [6.45, 7) is 14.4. The monoisotopic (exact) mass is 685 g/mol. The van der Waals surface area contributed by atoms with Crippen molar-refractivity contribution in [2.75, 3.05) is 54.4 Å². The number of carboxylic acid groups (broad SMARTS) is 2. The Hall–Kier alpha value is -0.810. The lowest BCUT2D eigenvalue weighted by Gasteiger charge is -2.28. The van der Waals surface area contributed by atoms with E-state index < -0.39 is 6.16 Å². The lowest BCUT2D eigenvalue weighted by atomic mass is 10.0. The summed E-state index contributed by atoms with van der Waals surface area (Å²) < 4.78 is 2.39. The molecule has 5 heteroatoms. The van der Waals surface area contributed by atoms with Gasteiger partial charge in [0.05, 0.1) is 54.4 Å². The van der Waals surface area contributed by atoms with Crippen molar-refractivity contribution in [3.63, 3.8) is 0 Å². The number of quaternary nitrogens is 2. The number of nitrogens with zero attached hydrogens (tertiary/aromatic N) is 2. The van der Waals surface area contributed by atoms with E-state index in [-0.39, 0.29) is 0 Å². The van der Waals surface area contributed by atoms with E-state index in [4.69, 9.17) is 15.0 Å². The van der Waals surface area contributed by atoms with Crippen LogP contribution in [0, 0.1) is 0 Å². The third-order valence-electron chi connectivity index (χ3n) is 10.4. The maximum Gasteiger partial charge on any atom is 0.0782 e. The van der Waals surface area contributed by atoms with Crippen LogP contribution >= 0.6 is 0 Å². The average Bonchev–Trinajstić information content (AvgIpc) is 3.04. The predicted octanol–water partition coefficient (Wildman–Crippen LogP) is 11.5. The van der Waals surface area contributed by atoms with Crippen molar-refractivity contribution in [2.24, 2.45) is 0 Å². The van der Waals surface area contributed by atoms with Crippen molar-refractivity contribution in [1.82, 2.24) is 0 Å². The first-order valence-corrected chi connectivity index (χ1v) is 21.5. The summed E-state index contributed by atoms with van der Waals surface area (Å²) in [6.07, 6.45) is 41.5. The van der Waals surface area contributed by atoms with Crippen LogP contribution in [0.3, 0.4) is 0 Å². The number of unbranched alkanes of at least 4 members (excludes halogenated alkanes) is 28. The minimum absolute atomic E-state index is 1.19. The van der Waals surface area contributed by atoms with E-state index in [1.54, 1.807) is 0 Å². The van der Waals surface area contributed by atoms with Gasteiger partial charge in [0.25, 0.3) is 0 Å². The fourth-order valence-electron chi connectivity index (χ4n) is 6.14. The molecule has 5 nitrogen and oxygen atoms in total. The molecule has 0 saturated carbocycles. The highest BCUT2D eigenvalue weighted by atomic mass is 16.6. The van der Waals surface area contributed by atoms with Gasteiger partial charge < -0.3 is 24.0 Å². The maximum absolute atomic E-state index is 8.33. The van der Waals surface area contributed by atoms with Gasteiger partial charge in [0.15, 0.2) is 0 Å². The zero-order valence-electron chi connectivity index (χ0n) is 34.7. The molecule has 0 bridgehead atoms. The molecule has 0 aromatic rings. The maximum atomic E-state index is 8.33. The Labute approximate surface area is 304 Å². The van der Waals surface area contributed by atoms with Crippen molar-refractivity contribution in [2.45, 2.75) is 220 Å². The first-order chi connectivity index (χ1) is 23.0. The van der Waals surface area contributed by atoms with Gasteiger partial charge >= 0.3 is 0 Å². The Kier molecular flexibility index (Phi) is 43.6. The van der Waals surface area contributed by atoms with Crippen LogP contribution in [0.5, 0.6) is 0 Å². The topological polar surface area (TPSA) is 63.2 Å².